The Morgan fingerprint density at radius 2 is 1.84 bits per heavy atom. The molecule has 2 aromatic rings. The molecule has 1 heterocycles. The molecule has 1 fully saturated rings. The number of aliphatic hydroxyl groups is 1. The number of ether oxygens (including phenoxy) is 2. The molecule has 0 radical (unpaired) electrons. The van der Waals surface area contributed by atoms with Crippen LogP contribution in [0.5, 0.6) is 5.75 Å². The van der Waals surface area contributed by atoms with Gasteiger partial charge in [-0.15, -0.1) is 0 Å². The van der Waals surface area contributed by atoms with E-state index in [-0.39, 0.29) is 35.8 Å². The van der Waals surface area contributed by atoms with E-state index in [0.717, 1.165) is 5.56 Å². The van der Waals surface area contributed by atoms with Gasteiger partial charge in [-0.05, 0) is 30.7 Å². The van der Waals surface area contributed by atoms with Crippen LogP contribution in [0.25, 0.3) is 0 Å². The predicted octanol–water partition coefficient (Wildman–Crippen LogP) is 4.31. The summed E-state index contributed by atoms with van der Waals surface area (Å²) in [7, 11) is 0. The lowest BCUT2D eigenvalue weighted by molar-refractivity contribution is -0.139. The van der Waals surface area contributed by atoms with Gasteiger partial charge in [0.2, 0.25) is 5.91 Å². The number of hydrogen-bond donors (Lipinski definition) is 3. The van der Waals surface area contributed by atoms with Crippen molar-refractivity contribution in [2.24, 2.45) is 0 Å². The number of benzene rings is 2. The second-order valence-corrected chi connectivity index (χ2v) is 8.84. The zero-order chi connectivity index (χ0) is 23.3. The molecule has 0 unspecified atom stereocenters. The van der Waals surface area contributed by atoms with Crippen molar-refractivity contribution in [1.82, 2.24) is 5.32 Å². The van der Waals surface area contributed by atoms with Gasteiger partial charge < -0.3 is 25.0 Å². The number of carboxylic acid groups (broad SMARTS) is 1. The van der Waals surface area contributed by atoms with Crippen molar-refractivity contribution in [3.8, 4) is 5.75 Å². The van der Waals surface area contributed by atoms with Gasteiger partial charge in [0.1, 0.15) is 5.75 Å². The Hall–Kier alpha value is -2.32. The van der Waals surface area contributed by atoms with E-state index in [2.05, 4.69) is 5.32 Å². The summed E-state index contributed by atoms with van der Waals surface area (Å²) in [4.78, 5) is 23.3. The van der Waals surface area contributed by atoms with Crippen LogP contribution in [0.2, 0.25) is 10.0 Å². The fourth-order valence-electron chi connectivity index (χ4n) is 3.92. The molecule has 0 aliphatic carbocycles. The van der Waals surface area contributed by atoms with Crippen molar-refractivity contribution in [2.75, 3.05) is 13.2 Å². The van der Waals surface area contributed by atoms with E-state index in [1.807, 2.05) is 19.1 Å². The summed E-state index contributed by atoms with van der Waals surface area (Å²) >= 11 is 12.3. The highest BCUT2D eigenvalue weighted by Gasteiger charge is 2.41. The Bertz CT molecular complexity index is 967. The summed E-state index contributed by atoms with van der Waals surface area (Å²) in [5.74, 6) is -1.15. The van der Waals surface area contributed by atoms with E-state index in [1.165, 1.54) is 0 Å². The number of hydrogen-bond acceptors (Lipinski definition) is 5. The van der Waals surface area contributed by atoms with Crippen LogP contribution < -0.4 is 10.1 Å². The molecule has 0 spiro atoms. The standard InChI is InChI=1S/C23H25Cl2NO6/c1-23(26-20(28)9-10-27)11-18(14-5-7-15(24)8-6-14)32-19(12-23)16-3-2-4-17(25)22(16)31-13-21(29)30/h2-8,18-19,27H,9-13H2,1H3,(H,26,28)(H,29,30)/t18-,19+,23+/m0/s1. The van der Waals surface area contributed by atoms with Crippen molar-refractivity contribution >= 4 is 35.1 Å². The van der Waals surface area contributed by atoms with Crippen LogP contribution >= 0.6 is 23.2 Å². The zero-order valence-electron chi connectivity index (χ0n) is 17.5. The minimum absolute atomic E-state index is 0.00311. The maximum Gasteiger partial charge on any atom is 0.341 e. The summed E-state index contributed by atoms with van der Waals surface area (Å²) in [5.41, 5.74) is 0.822. The molecule has 0 saturated carbocycles. The van der Waals surface area contributed by atoms with Crippen molar-refractivity contribution < 1.29 is 29.3 Å². The minimum atomic E-state index is -1.12. The van der Waals surface area contributed by atoms with Crippen LogP contribution in [0.1, 0.15) is 49.5 Å². The highest BCUT2D eigenvalue weighted by molar-refractivity contribution is 6.32. The van der Waals surface area contributed by atoms with Crippen LogP contribution in [-0.4, -0.2) is 40.8 Å². The second kappa shape index (κ2) is 10.5. The number of carbonyl (C=O) groups excluding carboxylic acids is 1. The van der Waals surface area contributed by atoms with Crippen molar-refractivity contribution in [3.63, 3.8) is 0 Å². The van der Waals surface area contributed by atoms with E-state index < -0.39 is 24.2 Å². The average molecular weight is 482 g/mol. The summed E-state index contributed by atoms with van der Waals surface area (Å²) in [6.07, 6.45) is -0.0219. The third kappa shape index (κ3) is 6.13. The fraction of sp³-hybridized carbons (Fsp3) is 0.391. The predicted molar refractivity (Wildman–Crippen MR) is 120 cm³/mol. The topological polar surface area (TPSA) is 105 Å². The third-order valence-corrected chi connectivity index (χ3v) is 5.86. The lowest BCUT2D eigenvalue weighted by atomic mass is 9.81. The molecule has 3 atom stereocenters. The molecule has 3 rings (SSSR count). The van der Waals surface area contributed by atoms with Crippen molar-refractivity contribution in [1.29, 1.82) is 0 Å². The SMILES string of the molecule is C[C@@]1(NC(=O)CCO)C[C@@H](c2ccc(Cl)cc2)O[C@@H](c2cccc(Cl)c2OCC(=O)O)C1. The molecule has 1 aliphatic heterocycles. The van der Waals surface area contributed by atoms with Gasteiger partial charge in [0.25, 0.3) is 0 Å². The van der Waals surface area contributed by atoms with E-state index in [0.29, 0.717) is 23.4 Å². The van der Waals surface area contributed by atoms with Gasteiger partial charge in [0, 0.05) is 35.4 Å². The smallest absolute Gasteiger partial charge is 0.341 e. The van der Waals surface area contributed by atoms with Crippen LogP contribution in [0.4, 0.5) is 0 Å². The molecule has 1 amide bonds. The van der Waals surface area contributed by atoms with E-state index in [9.17, 15) is 9.59 Å². The van der Waals surface area contributed by atoms with Crippen molar-refractivity contribution in [2.45, 2.75) is 43.9 Å². The first kappa shape index (κ1) is 24.3. The number of amides is 1. The van der Waals surface area contributed by atoms with Crippen LogP contribution in [-0.2, 0) is 14.3 Å². The lowest BCUT2D eigenvalue weighted by Gasteiger charge is -2.43. The van der Waals surface area contributed by atoms with Gasteiger partial charge in [-0.3, -0.25) is 4.79 Å². The molecule has 1 aliphatic rings. The summed E-state index contributed by atoms with van der Waals surface area (Å²) in [5, 5.41) is 22.0. The van der Waals surface area contributed by atoms with Crippen LogP contribution in [0.3, 0.4) is 0 Å². The molecule has 1 saturated heterocycles. The van der Waals surface area contributed by atoms with Crippen LogP contribution in [0.15, 0.2) is 42.5 Å². The quantitative estimate of drug-likeness (QED) is 0.518. The zero-order valence-corrected chi connectivity index (χ0v) is 19.0. The molecule has 3 N–H and O–H groups in total. The van der Waals surface area contributed by atoms with E-state index >= 15 is 0 Å². The number of carbonyl (C=O) groups is 2. The van der Waals surface area contributed by atoms with Gasteiger partial charge >= 0.3 is 5.97 Å². The Labute approximate surface area is 196 Å². The summed E-state index contributed by atoms with van der Waals surface area (Å²) < 4.78 is 11.9. The first-order valence-corrected chi connectivity index (χ1v) is 10.9. The molecule has 172 valence electrons. The first-order chi connectivity index (χ1) is 15.2. The maximum atomic E-state index is 12.3. The third-order valence-electron chi connectivity index (χ3n) is 5.31. The Balaban J connectivity index is 1.97. The lowest BCUT2D eigenvalue weighted by Crippen LogP contribution is -2.51. The molecule has 32 heavy (non-hydrogen) atoms. The largest absolute Gasteiger partial charge is 0.480 e. The highest BCUT2D eigenvalue weighted by atomic mass is 35.5. The molecule has 0 aromatic heterocycles. The van der Waals surface area contributed by atoms with E-state index in [1.54, 1.807) is 30.3 Å². The summed E-state index contributed by atoms with van der Waals surface area (Å²) in [6, 6.07) is 12.4. The van der Waals surface area contributed by atoms with Gasteiger partial charge in [0.05, 0.1) is 23.8 Å². The molecular weight excluding hydrogens is 457 g/mol. The highest BCUT2D eigenvalue weighted by Crippen LogP contribution is 2.47. The van der Waals surface area contributed by atoms with Gasteiger partial charge in [-0.1, -0.05) is 47.5 Å². The maximum absolute atomic E-state index is 12.3. The normalized spacial score (nSPS) is 22.9. The number of halogens is 2. The fourth-order valence-corrected chi connectivity index (χ4v) is 4.28. The number of para-hydroxylation sites is 1. The molecule has 2 aromatic carbocycles. The Morgan fingerprint density at radius 3 is 2.50 bits per heavy atom. The average Bonchev–Trinajstić information content (AvgIpc) is 2.72. The molecule has 9 heteroatoms. The molecule has 0 bridgehead atoms. The van der Waals surface area contributed by atoms with Crippen molar-refractivity contribution in [3.05, 3.63) is 63.6 Å². The first-order valence-electron chi connectivity index (χ1n) is 10.2. The van der Waals surface area contributed by atoms with Gasteiger partial charge in [0.15, 0.2) is 6.61 Å². The number of aliphatic carboxylic acids is 1. The van der Waals surface area contributed by atoms with Gasteiger partial charge in [-0.25, -0.2) is 4.79 Å². The molecular formula is C23H25Cl2NO6. The molecule has 7 nitrogen and oxygen atoms in total. The van der Waals surface area contributed by atoms with E-state index in [4.69, 9.17) is 42.9 Å². The Kier molecular flexibility index (Phi) is 8.00. The number of carboxylic acids is 1. The van der Waals surface area contributed by atoms with Gasteiger partial charge in [-0.2, -0.15) is 0 Å². The second-order valence-electron chi connectivity index (χ2n) is 8.00. The Morgan fingerprint density at radius 1 is 1.16 bits per heavy atom. The number of rotatable bonds is 8. The monoisotopic (exact) mass is 481 g/mol. The minimum Gasteiger partial charge on any atom is -0.480 e. The van der Waals surface area contributed by atoms with Crippen LogP contribution in [0, 0.1) is 0 Å². The number of nitrogens with one attached hydrogen (secondary N) is 1. The summed E-state index contributed by atoms with van der Waals surface area (Å²) in [6.45, 7) is 1.13. The number of aliphatic hydroxyl groups excluding tert-OH is 1.